The Labute approximate surface area is 487 Å². The van der Waals surface area contributed by atoms with Crippen LogP contribution in [-0.2, 0) is 43.3 Å². The number of phenolic OH excluding ortho intramolecular Hbond substituents is 1. The number of carbonyl (C=O) groups is 5. The number of halogens is 1. The molecule has 0 aliphatic heterocycles. The molecule has 75 heavy (non-hydrogen) atoms. The SMILES string of the molecule is CCCCCCCCCCCCOC(=O)C(C)OC(=O)c1ccc(Cl)c(NC(=O)C(Oc2ccc(N=Nc3c(SOO[O-])cc4cc(S(=O)(=O)[O-])cc(NC(C)=O)c4c3O)cc2)C(=O)c2ccc(OC)cc2)c1.[Na+].[Na+]. The van der Waals surface area contributed by atoms with Crippen molar-refractivity contribution in [3.63, 3.8) is 0 Å². The number of phenols is 1. The molecule has 25 heteroatoms. The van der Waals surface area contributed by atoms with E-state index in [1.165, 1.54) is 125 Å². The van der Waals surface area contributed by atoms with Crippen LogP contribution in [0.5, 0.6) is 17.2 Å². The number of esters is 2. The maximum absolute atomic E-state index is 14.0. The number of carbonyl (C=O) groups excluding carboxylic acids is 5. The molecule has 5 aromatic rings. The summed E-state index contributed by atoms with van der Waals surface area (Å²) >= 11 is 6.72. The van der Waals surface area contributed by atoms with E-state index in [1.54, 1.807) is 0 Å². The van der Waals surface area contributed by atoms with Crippen molar-refractivity contribution in [2.75, 3.05) is 24.4 Å². The average Bonchev–Trinajstić information content (AvgIpc) is 3.36. The molecule has 2 atom stereocenters. The first-order chi connectivity index (χ1) is 34.9. The van der Waals surface area contributed by atoms with Gasteiger partial charge < -0.3 is 44.5 Å². The molecule has 0 aromatic heterocycles. The zero-order valence-electron chi connectivity index (χ0n) is 42.2. The Morgan fingerprint density at radius 1 is 0.787 bits per heavy atom. The van der Waals surface area contributed by atoms with Crippen LogP contribution in [-0.4, -0.2) is 73.5 Å². The molecule has 0 fully saturated rings. The van der Waals surface area contributed by atoms with Gasteiger partial charge in [-0.25, -0.2) is 18.0 Å². The zero-order chi connectivity index (χ0) is 53.1. The minimum Gasteiger partial charge on any atom is -0.744 e. The van der Waals surface area contributed by atoms with Crippen LogP contribution < -0.4 is 84.5 Å². The van der Waals surface area contributed by atoms with E-state index in [4.69, 9.17) is 30.5 Å². The van der Waals surface area contributed by atoms with Crippen molar-refractivity contribution in [1.82, 2.24) is 0 Å². The minimum absolute atomic E-state index is 0. The van der Waals surface area contributed by atoms with Gasteiger partial charge in [0.05, 0.1) is 63.2 Å². The number of amides is 2. The largest absolute Gasteiger partial charge is 1.00 e. The van der Waals surface area contributed by atoms with Crippen LogP contribution in [0.15, 0.2) is 105 Å². The van der Waals surface area contributed by atoms with E-state index in [0.717, 1.165) is 38.3 Å². The smallest absolute Gasteiger partial charge is 0.744 e. The number of nitrogens with zero attached hydrogens (tertiary/aromatic N) is 2. The van der Waals surface area contributed by atoms with Crippen molar-refractivity contribution in [1.29, 1.82) is 0 Å². The Morgan fingerprint density at radius 3 is 2.00 bits per heavy atom. The molecule has 0 spiro atoms. The number of benzene rings is 5. The Hall–Kier alpha value is -4.66. The number of ether oxygens (including phenoxy) is 4. The van der Waals surface area contributed by atoms with E-state index < -0.39 is 62.5 Å². The standard InChI is InChI=1S/C50H55ClN4O16S2.2Na/c1-5-6-7-8-9-10-11-12-13-14-25-67-49(60)30(2)68-50(61)33-17-24-39(51)40(27-33)53-48(59)47(45(57)32-15-20-36(66-4)21-16-32)69-37-22-18-35(19-23-37)54-55-44-42(72-71-70-62)28-34-26-38(73(63,64)65)29-41(52-31(3)56)43(34)46(44)58;;/h15-24,26-30,47,58,62H,5-14,25H2,1-4H3,(H,52,56)(H,53,59)(H,63,64,65);;/q;2*+1/p-2. The summed E-state index contributed by atoms with van der Waals surface area (Å²) < 4.78 is 62.0. The van der Waals surface area contributed by atoms with E-state index in [2.05, 4.69) is 37.2 Å². The number of azo groups is 1. The Kier molecular flexibility index (Phi) is 27.7. The summed E-state index contributed by atoms with van der Waals surface area (Å²) in [5.74, 6) is -4.35. The molecule has 5 aromatic carbocycles. The molecule has 0 radical (unpaired) electrons. The molecule has 2 unspecified atom stereocenters. The number of rotatable bonds is 28. The van der Waals surface area contributed by atoms with E-state index in [9.17, 15) is 47.3 Å². The minimum atomic E-state index is -5.05. The van der Waals surface area contributed by atoms with Gasteiger partial charge in [0, 0.05) is 17.9 Å². The second kappa shape index (κ2) is 32.2. The number of hydrogen-bond donors (Lipinski definition) is 3. The molecule has 20 nitrogen and oxygen atoms in total. The van der Waals surface area contributed by atoms with E-state index in [0.29, 0.717) is 12.2 Å². The summed E-state index contributed by atoms with van der Waals surface area (Å²) in [5, 5.41) is 38.5. The summed E-state index contributed by atoms with van der Waals surface area (Å²) in [4.78, 5) is 65.0. The monoisotopic (exact) mass is 1110 g/mol. The third-order valence-corrected chi connectivity index (χ3v) is 12.7. The number of fused-ring (bicyclic) bond motifs is 1. The molecule has 0 bridgehead atoms. The summed E-state index contributed by atoms with van der Waals surface area (Å²) in [6.07, 6.45) is 8.06. The van der Waals surface area contributed by atoms with Crippen molar-refractivity contribution >= 4 is 96.8 Å². The van der Waals surface area contributed by atoms with Gasteiger partial charge in [0.1, 0.15) is 27.3 Å². The second-order valence-corrected chi connectivity index (χ2v) is 18.9. The van der Waals surface area contributed by atoms with Gasteiger partial charge in [-0.2, -0.15) is 9.45 Å². The van der Waals surface area contributed by atoms with Crippen molar-refractivity contribution in [3.05, 3.63) is 101 Å². The Bertz CT molecular complexity index is 2900. The average molecular weight is 1110 g/mol. The molecule has 390 valence electrons. The van der Waals surface area contributed by atoms with E-state index in [1.807, 2.05) is 0 Å². The Morgan fingerprint density at radius 2 is 1.40 bits per heavy atom. The third-order valence-electron chi connectivity index (χ3n) is 10.9. The van der Waals surface area contributed by atoms with Crippen molar-refractivity contribution in [3.8, 4) is 17.2 Å². The second-order valence-electron chi connectivity index (χ2n) is 16.4. The fourth-order valence-corrected chi connectivity index (χ4v) is 8.36. The number of nitrogens with one attached hydrogen (secondary N) is 2. The maximum Gasteiger partial charge on any atom is 1.00 e. The van der Waals surface area contributed by atoms with Crippen LogP contribution >= 0.6 is 23.6 Å². The molecular formula is C50H53ClN4Na2O16S2. The molecule has 0 aliphatic rings. The van der Waals surface area contributed by atoms with Crippen molar-refractivity contribution in [2.45, 2.75) is 107 Å². The number of unbranched alkanes of at least 4 members (excludes halogenated alkanes) is 9. The van der Waals surface area contributed by atoms with E-state index >= 15 is 0 Å². The van der Waals surface area contributed by atoms with Crippen LogP contribution in [0, 0.1) is 0 Å². The van der Waals surface area contributed by atoms with Crippen LogP contribution in [0.3, 0.4) is 0 Å². The van der Waals surface area contributed by atoms with Crippen molar-refractivity contribution < 1.29 is 135 Å². The van der Waals surface area contributed by atoms with Crippen LogP contribution in [0.1, 0.15) is 106 Å². The normalized spacial score (nSPS) is 11.9. The Balaban J connectivity index is 0.00000741. The summed E-state index contributed by atoms with van der Waals surface area (Å²) in [7, 11) is -3.61. The van der Waals surface area contributed by atoms with Gasteiger partial charge in [0.15, 0.2) is 11.9 Å². The molecule has 0 saturated carbocycles. The van der Waals surface area contributed by atoms with Gasteiger partial charge in [-0.05, 0) is 104 Å². The number of hydrogen-bond acceptors (Lipinski definition) is 19. The number of Topliss-reactive ketones (excluding diaryl/α,β-unsaturated/α-hetero) is 1. The van der Waals surface area contributed by atoms with Crippen LogP contribution in [0.2, 0.25) is 5.02 Å². The third kappa shape index (κ3) is 19.7. The number of methoxy groups -OCH3 is 1. The fraction of sp³-hybridized carbons (Fsp3) is 0.340. The van der Waals surface area contributed by atoms with Gasteiger partial charge in [-0.1, -0.05) is 76.3 Å². The van der Waals surface area contributed by atoms with Gasteiger partial charge in [0.25, 0.3) is 5.91 Å². The van der Waals surface area contributed by atoms with Gasteiger partial charge in [0.2, 0.25) is 17.8 Å². The molecule has 2 amide bonds. The molecule has 3 N–H and O–H groups in total. The summed E-state index contributed by atoms with van der Waals surface area (Å²) in [5.41, 5.74) is -0.607. The zero-order valence-corrected chi connectivity index (χ0v) is 48.6. The fourth-order valence-electron chi connectivity index (χ4n) is 7.17. The predicted molar refractivity (Wildman–Crippen MR) is 266 cm³/mol. The first-order valence-corrected chi connectivity index (χ1v) is 25.5. The van der Waals surface area contributed by atoms with Gasteiger partial charge in [-0.15, -0.1) is 5.11 Å². The maximum atomic E-state index is 14.0. The molecular weight excluding hydrogens is 1060 g/mol. The van der Waals surface area contributed by atoms with Gasteiger partial charge in [-0.3, -0.25) is 19.4 Å². The van der Waals surface area contributed by atoms with Crippen molar-refractivity contribution in [2.24, 2.45) is 10.2 Å². The molecule has 5 rings (SSSR count). The summed E-state index contributed by atoms with van der Waals surface area (Å²) in [6.45, 7) is 4.87. The number of ketones is 1. The topological polar surface area (TPSA) is 290 Å². The molecule has 0 saturated heterocycles. The molecule has 0 heterocycles. The molecule has 0 aliphatic carbocycles. The van der Waals surface area contributed by atoms with Gasteiger partial charge >= 0.3 is 71.1 Å². The van der Waals surface area contributed by atoms with E-state index in [-0.39, 0.29) is 138 Å². The first-order valence-electron chi connectivity index (χ1n) is 23.0. The predicted octanol–water partition coefficient (Wildman–Crippen LogP) is 4.00. The first kappa shape index (κ1) is 64.6. The van der Waals surface area contributed by atoms with Crippen LogP contribution in [0.4, 0.5) is 22.7 Å². The number of aromatic hydroxyl groups is 1. The van der Waals surface area contributed by atoms with Crippen LogP contribution in [0.25, 0.3) is 10.8 Å². The quantitative estimate of drug-likeness (QED) is 0.00609. The summed E-state index contributed by atoms with van der Waals surface area (Å²) in [6, 6.07) is 18.1. The number of anilines is 2.